The molecule has 0 bridgehead atoms. The number of ether oxygens (including phenoxy) is 2. The summed E-state index contributed by atoms with van der Waals surface area (Å²) < 4.78 is 79.0. The van der Waals surface area contributed by atoms with Crippen molar-refractivity contribution in [2.75, 3.05) is 24.9 Å². The number of hydrogen-bond donors (Lipinski definition) is 4. The number of carbonyl (C=O) groups excluding carboxylic acids is 2. The summed E-state index contributed by atoms with van der Waals surface area (Å²) in [4.78, 5) is 25.0. The second-order valence-corrected chi connectivity index (χ2v) is 19.3. The van der Waals surface area contributed by atoms with E-state index in [0.29, 0.717) is 56.4 Å². The Morgan fingerprint density at radius 2 is 1.01 bits per heavy atom. The molecule has 0 saturated carbocycles. The van der Waals surface area contributed by atoms with Crippen LogP contribution in [0, 0.1) is 0 Å². The van der Waals surface area contributed by atoms with E-state index in [0.717, 1.165) is 0 Å². The van der Waals surface area contributed by atoms with Crippen LogP contribution in [0.25, 0.3) is 21.5 Å². The van der Waals surface area contributed by atoms with Gasteiger partial charge < -0.3 is 34.9 Å². The quantitative estimate of drug-likeness (QED) is 0.0449. The monoisotopic (exact) mass is 1210 g/mol. The van der Waals surface area contributed by atoms with E-state index >= 15 is 0 Å². The SMILES string of the molecule is CCc1ccc(N=Nc2c(O)c(C(=O)Nc3ccc(OC)cc3)cc3ccccc23)c(Cl)c1S(=O)(=O)O.CCc1ccc(N=Nc2c([O-])c(C(=O)Nc3ccc(OC)cc3)cc3ccccc23)c(Cl)c1S(=O)(=O)[O-].[Ba+2]. The summed E-state index contributed by atoms with van der Waals surface area (Å²) in [5, 5.41) is 47.4. The molecular formula is C52H42BaCl2N6O12S2. The largest absolute Gasteiger partial charge is 2.00 e. The fourth-order valence-corrected chi connectivity index (χ4v) is 10.3. The Morgan fingerprint density at radius 3 is 1.47 bits per heavy atom. The molecule has 0 saturated heterocycles. The molecule has 0 unspecified atom stereocenters. The molecule has 380 valence electrons. The second-order valence-electron chi connectivity index (χ2n) is 15.8. The number of phenols is 1. The van der Waals surface area contributed by atoms with Gasteiger partial charge in [0.15, 0.2) is 5.75 Å². The van der Waals surface area contributed by atoms with Crippen molar-refractivity contribution in [2.24, 2.45) is 20.5 Å². The number of hydrogen-bond acceptors (Lipinski definition) is 15. The number of phenolic OH excluding ortho intramolecular Hbond substituents is 1. The van der Waals surface area contributed by atoms with Gasteiger partial charge in [-0.15, -0.1) is 15.3 Å². The first-order chi connectivity index (χ1) is 35.3. The number of benzene rings is 8. The molecule has 0 atom stereocenters. The fourth-order valence-electron chi connectivity index (χ4n) is 7.55. The van der Waals surface area contributed by atoms with Crippen LogP contribution >= 0.6 is 23.2 Å². The van der Waals surface area contributed by atoms with Crippen LogP contribution in [0.4, 0.5) is 34.1 Å². The van der Waals surface area contributed by atoms with Gasteiger partial charge in [-0.1, -0.05) is 103 Å². The number of azo groups is 2. The number of amides is 2. The Kier molecular flexibility index (Phi) is 19.3. The Morgan fingerprint density at radius 1 is 0.600 bits per heavy atom. The summed E-state index contributed by atoms with van der Waals surface area (Å²) in [7, 11) is -6.45. The topological polar surface area (TPSA) is 281 Å². The first-order valence-electron chi connectivity index (χ1n) is 22.1. The van der Waals surface area contributed by atoms with Crippen molar-refractivity contribution >= 4 is 160 Å². The molecular weight excluding hydrogens is 1170 g/mol. The molecule has 0 radical (unpaired) electrons. The molecule has 0 heterocycles. The minimum atomic E-state index is -4.88. The van der Waals surface area contributed by atoms with Gasteiger partial charge in [-0.2, -0.15) is 13.5 Å². The minimum absolute atomic E-state index is 0. The average Bonchev–Trinajstić information content (AvgIpc) is 3.38. The van der Waals surface area contributed by atoms with Gasteiger partial charge in [0.25, 0.3) is 21.9 Å². The predicted octanol–water partition coefficient (Wildman–Crippen LogP) is 12.0. The van der Waals surface area contributed by atoms with E-state index in [1.54, 1.807) is 111 Å². The first kappa shape index (κ1) is 57.9. The molecule has 8 aromatic carbocycles. The van der Waals surface area contributed by atoms with E-state index in [2.05, 4.69) is 31.1 Å². The first-order valence-corrected chi connectivity index (χ1v) is 25.7. The normalized spacial score (nSPS) is 11.5. The number of halogens is 2. The maximum absolute atomic E-state index is 13.3. The number of methoxy groups -OCH3 is 2. The van der Waals surface area contributed by atoms with Gasteiger partial charge in [0, 0.05) is 27.7 Å². The van der Waals surface area contributed by atoms with Crippen molar-refractivity contribution in [2.45, 2.75) is 36.5 Å². The third kappa shape index (κ3) is 13.3. The van der Waals surface area contributed by atoms with E-state index in [1.807, 2.05) is 0 Å². The number of fused-ring (bicyclic) bond motifs is 2. The summed E-state index contributed by atoms with van der Waals surface area (Å²) in [6, 6.07) is 35.8. The molecule has 0 aliphatic rings. The third-order valence-corrected chi connectivity index (χ3v) is 14.2. The number of carbonyl (C=O) groups is 2. The van der Waals surface area contributed by atoms with Crippen molar-refractivity contribution < 1.29 is 55.2 Å². The molecule has 8 rings (SSSR count). The van der Waals surface area contributed by atoms with E-state index < -0.39 is 53.3 Å². The Balaban J connectivity index is 0.000000241. The number of rotatable bonds is 14. The van der Waals surface area contributed by atoms with Crippen LogP contribution in [0.3, 0.4) is 0 Å². The maximum atomic E-state index is 13.3. The van der Waals surface area contributed by atoms with Gasteiger partial charge >= 0.3 is 48.9 Å². The van der Waals surface area contributed by atoms with Gasteiger partial charge in [0.05, 0.1) is 40.4 Å². The Labute approximate surface area is 481 Å². The van der Waals surface area contributed by atoms with Crippen LogP contribution in [-0.2, 0) is 33.1 Å². The minimum Gasteiger partial charge on any atom is -0.870 e. The molecule has 0 spiro atoms. The molecule has 0 aliphatic carbocycles. The van der Waals surface area contributed by atoms with Crippen molar-refractivity contribution in [3.05, 3.63) is 166 Å². The fraction of sp³-hybridized carbons (Fsp3) is 0.115. The summed E-state index contributed by atoms with van der Waals surface area (Å²) in [5.41, 5.74) is 0.990. The Hall–Kier alpha value is -6.41. The molecule has 0 aliphatic heterocycles. The molecule has 18 nitrogen and oxygen atoms in total. The number of nitrogens with zero attached hydrogens (tertiary/aromatic N) is 4. The average molecular weight is 1220 g/mol. The van der Waals surface area contributed by atoms with E-state index in [4.69, 9.17) is 32.7 Å². The van der Waals surface area contributed by atoms with Crippen molar-refractivity contribution in [1.82, 2.24) is 0 Å². The van der Waals surface area contributed by atoms with Crippen LogP contribution in [-0.4, -0.2) is 106 Å². The molecule has 75 heavy (non-hydrogen) atoms. The Bertz CT molecular complexity index is 3530. The predicted molar refractivity (Wildman–Crippen MR) is 284 cm³/mol. The van der Waals surface area contributed by atoms with Crippen LogP contribution in [0.5, 0.6) is 23.0 Å². The third-order valence-electron chi connectivity index (χ3n) is 11.3. The molecule has 8 aromatic rings. The van der Waals surface area contributed by atoms with Crippen LogP contribution in [0.2, 0.25) is 10.0 Å². The van der Waals surface area contributed by atoms with Gasteiger partial charge in [-0.3, -0.25) is 14.1 Å². The van der Waals surface area contributed by atoms with E-state index in [9.17, 15) is 45.7 Å². The van der Waals surface area contributed by atoms with Gasteiger partial charge in [-0.25, -0.2) is 8.42 Å². The summed E-state index contributed by atoms with van der Waals surface area (Å²) in [6.07, 6.45) is 0.567. The molecule has 2 amide bonds. The van der Waals surface area contributed by atoms with Crippen LogP contribution in [0.1, 0.15) is 45.7 Å². The molecule has 0 fully saturated rings. The summed E-state index contributed by atoms with van der Waals surface area (Å²) >= 11 is 12.5. The number of aryl methyl sites for hydroxylation is 2. The summed E-state index contributed by atoms with van der Waals surface area (Å²) in [5.74, 6) is -1.12. The zero-order chi connectivity index (χ0) is 53.5. The van der Waals surface area contributed by atoms with Crippen LogP contribution < -0.4 is 25.2 Å². The molecule has 4 N–H and O–H groups in total. The molecule has 23 heteroatoms. The van der Waals surface area contributed by atoms with Gasteiger partial charge in [0.2, 0.25) is 0 Å². The van der Waals surface area contributed by atoms with Gasteiger partial charge in [0.1, 0.15) is 43.6 Å². The number of aromatic hydroxyl groups is 1. The van der Waals surface area contributed by atoms with E-state index in [1.165, 1.54) is 50.6 Å². The number of anilines is 2. The zero-order valence-electron chi connectivity index (χ0n) is 40.2. The zero-order valence-corrected chi connectivity index (χ0v) is 47.7. The second kappa shape index (κ2) is 25.0. The van der Waals surface area contributed by atoms with Crippen molar-refractivity contribution in [3.63, 3.8) is 0 Å². The van der Waals surface area contributed by atoms with Gasteiger partial charge in [-0.05, 0) is 108 Å². The van der Waals surface area contributed by atoms with Crippen molar-refractivity contribution in [3.8, 4) is 23.0 Å². The maximum Gasteiger partial charge on any atom is 2.00 e. The smallest absolute Gasteiger partial charge is 0.870 e. The van der Waals surface area contributed by atoms with Crippen LogP contribution in [0.15, 0.2) is 164 Å². The molecule has 0 aromatic heterocycles. The number of nitrogens with one attached hydrogen (secondary N) is 2. The van der Waals surface area contributed by atoms with E-state index in [-0.39, 0.29) is 105 Å². The standard InChI is InChI=1S/2C26H22ClN3O6S.Ba/c2*1-3-15-8-13-21(22(27)25(15)37(33,34)35)29-30-23-19-7-5-4-6-16(19)14-20(24(23)31)26(32)28-17-9-11-18(36-2)12-10-17;/h2*4-14,31H,3H2,1-2H3,(H,28,32)(H,33,34,35);/q;;+2/p-2. The summed E-state index contributed by atoms with van der Waals surface area (Å²) in [6.45, 7) is 3.40. The van der Waals surface area contributed by atoms with Crippen molar-refractivity contribution in [1.29, 1.82) is 0 Å².